The Labute approximate surface area is 196 Å². The fourth-order valence-electron chi connectivity index (χ4n) is 4.05. The van der Waals surface area contributed by atoms with Crippen LogP contribution in [0.2, 0.25) is 0 Å². The van der Waals surface area contributed by atoms with Gasteiger partial charge in [-0.15, -0.1) is 0 Å². The first-order valence-corrected chi connectivity index (χ1v) is 11.4. The molecule has 4 rings (SSSR count). The van der Waals surface area contributed by atoms with Crippen LogP contribution in [0.1, 0.15) is 35.2 Å². The van der Waals surface area contributed by atoms with E-state index in [0.29, 0.717) is 43.4 Å². The number of ether oxygens (including phenoxy) is 3. The molecule has 1 amide bonds. The molecule has 2 aromatic carbocycles. The number of fused-ring (bicyclic) bond motifs is 1. The van der Waals surface area contributed by atoms with Crippen LogP contribution in [0.4, 0.5) is 11.4 Å². The number of benzene rings is 2. The van der Waals surface area contributed by atoms with Gasteiger partial charge in [0.15, 0.2) is 18.1 Å². The maximum absolute atomic E-state index is 12.4. The number of piperidine rings is 1. The Morgan fingerprint density at radius 1 is 1.03 bits per heavy atom. The monoisotopic (exact) mass is 469 g/mol. The van der Waals surface area contributed by atoms with Crippen LogP contribution in [-0.2, 0) is 16.0 Å². The molecular formula is C24H27N3O7. The van der Waals surface area contributed by atoms with Crippen molar-refractivity contribution in [1.29, 1.82) is 0 Å². The number of nitro benzene ring substituents is 1. The third-order valence-corrected chi connectivity index (χ3v) is 5.78. The molecule has 34 heavy (non-hydrogen) atoms. The highest BCUT2D eigenvalue weighted by molar-refractivity contribution is 5.93. The first kappa shape index (κ1) is 23.3. The SMILES string of the molecule is O=C(COC(=O)c1ccc(N2CCCCC2)c([N+](=O)[O-])c1)NCCc1ccc2c(c1)OCCO2. The first-order chi connectivity index (χ1) is 16.5. The molecule has 10 nitrogen and oxygen atoms in total. The van der Waals surface area contributed by atoms with E-state index in [9.17, 15) is 19.7 Å². The van der Waals surface area contributed by atoms with Gasteiger partial charge in [-0.05, 0) is 55.5 Å². The topological polar surface area (TPSA) is 120 Å². The standard InChI is InChI=1S/C24H27N3O7/c28-23(25-9-8-17-4-7-21-22(14-17)33-13-12-32-21)16-34-24(29)18-5-6-19(20(15-18)27(30)31)26-10-2-1-3-11-26/h4-7,14-15H,1-3,8-13,16H2,(H,25,28). The quantitative estimate of drug-likeness (QED) is 0.356. The predicted molar refractivity (Wildman–Crippen MR) is 124 cm³/mol. The van der Waals surface area contributed by atoms with Crippen molar-refractivity contribution in [1.82, 2.24) is 5.32 Å². The smallest absolute Gasteiger partial charge is 0.338 e. The van der Waals surface area contributed by atoms with Crippen LogP contribution < -0.4 is 19.7 Å². The zero-order valence-corrected chi connectivity index (χ0v) is 18.8. The maximum Gasteiger partial charge on any atom is 0.338 e. The highest BCUT2D eigenvalue weighted by Gasteiger charge is 2.24. The molecule has 0 aliphatic carbocycles. The number of amides is 1. The molecule has 10 heteroatoms. The summed E-state index contributed by atoms with van der Waals surface area (Å²) in [7, 11) is 0. The molecule has 180 valence electrons. The number of nitrogens with zero attached hydrogens (tertiary/aromatic N) is 2. The number of hydrogen-bond acceptors (Lipinski definition) is 8. The highest BCUT2D eigenvalue weighted by atomic mass is 16.6. The fraction of sp³-hybridized carbons (Fsp3) is 0.417. The molecule has 2 aromatic rings. The number of carbonyl (C=O) groups excluding carboxylic acids is 2. The van der Waals surface area contributed by atoms with Gasteiger partial charge in [-0.2, -0.15) is 0 Å². The van der Waals surface area contributed by atoms with Crippen LogP contribution in [0.3, 0.4) is 0 Å². The molecule has 0 spiro atoms. The average Bonchev–Trinajstić information content (AvgIpc) is 2.87. The molecule has 2 aliphatic rings. The predicted octanol–water partition coefficient (Wildman–Crippen LogP) is 2.87. The second kappa shape index (κ2) is 10.9. The maximum atomic E-state index is 12.4. The number of hydrogen-bond donors (Lipinski definition) is 1. The Kier molecular flexibility index (Phi) is 7.46. The Balaban J connectivity index is 1.27. The molecule has 1 fully saturated rings. The lowest BCUT2D eigenvalue weighted by atomic mass is 10.1. The number of carbonyl (C=O) groups is 2. The number of anilines is 1. The summed E-state index contributed by atoms with van der Waals surface area (Å²) in [6.07, 6.45) is 3.63. The molecular weight excluding hydrogens is 442 g/mol. The van der Waals surface area contributed by atoms with Crippen LogP contribution in [-0.4, -0.2) is 56.3 Å². The van der Waals surface area contributed by atoms with Gasteiger partial charge in [0.25, 0.3) is 11.6 Å². The molecule has 0 saturated carbocycles. The molecule has 0 atom stereocenters. The van der Waals surface area contributed by atoms with Gasteiger partial charge < -0.3 is 24.4 Å². The van der Waals surface area contributed by atoms with Crippen molar-refractivity contribution in [2.75, 3.05) is 44.4 Å². The van der Waals surface area contributed by atoms with Crippen molar-refractivity contribution in [3.05, 3.63) is 57.6 Å². The lowest BCUT2D eigenvalue weighted by Gasteiger charge is -2.28. The molecule has 0 bridgehead atoms. The second-order valence-corrected chi connectivity index (χ2v) is 8.16. The minimum absolute atomic E-state index is 0.0385. The van der Waals surface area contributed by atoms with Gasteiger partial charge in [0.2, 0.25) is 0 Å². The normalized spacial score (nSPS) is 14.9. The van der Waals surface area contributed by atoms with E-state index in [0.717, 1.165) is 37.9 Å². The zero-order valence-electron chi connectivity index (χ0n) is 18.8. The average molecular weight is 469 g/mol. The van der Waals surface area contributed by atoms with Crippen LogP contribution in [0.25, 0.3) is 0 Å². The van der Waals surface area contributed by atoms with E-state index in [4.69, 9.17) is 14.2 Å². The van der Waals surface area contributed by atoms with Crippen molar-refractivity contribution in [2.24, 2.45) is 0 Å². The molecule has 0 unspecified atom stereocenters. The lowest BCUT2D eigenvalue weighted by molar-refractivity contribution is -0.384. The Bertz CT molecular complexity index is 1070. The van der Waals surface area contributed by atoms with E-state index in [1.54, 1.807) is 6.07 Å². The number of esters is 1. The van der Waals surface area contributed by atoms with Crippen LogP contribution in [0.15, 0.2) is 36.4 Å². The van der Waals surface area contributed by atoms with Gasteiger partial charge in [-0.3, -0.25) is 14.9 Å². The lowest BCUT2D eigenvalue weighted by Crippen LogP contribution is -2.31. The molecule has 2 aliphatic heterocycles. The number of rotatable bonds is 8. The minimum Gasteiger partial charge on any atom is -0.486 e. The van der Waals surface area contributed by atoms with Crippen LogP contribution in [0.5, 0.6) is 11.5 Å². The summed E-state index contributed by atoms with van der Waals surface area (Å²) in [6, 6.07) is 9.91. The summed E-state index contributed by atoms with van der Waals surface area (Å²) in [5, 5.41) is 14.3. The third kappa shape index (κ3) is 5.75. The minimum atomic E-state index is -0.782. The first-order valence-electron chi connectivity index (χ1n) is 11.4. The Hall–Kier alpha value is -3.82. The van der Waals surface area contributed by atoms with E-state index in [1.807, 2.05) is 23.1 Å². The fourth-order valence-corrected chi connectivity index (χ4v) is 4.05. The van der Waals surface area contributed by atoms with E-state index >= 15 is 0 Å². The molecule has 1 N–H and O–H groups in total. The summed E-state index contributed by atoms with van der Waals surface area (Å²) in [5.41, 5.74) is 1.37. The number of nitrogens with one attached hydrogen (secondary N) is 1. The van der Waals surface area contributed by atoms with Crippen molar-refractivity contribution in [2.45, 2.75) is 25.7 Å². The molecule has 2 heterocycles. The van der Waals surface area contributed by atoms with Gasteiger partial charge in [0.1, 0.15) is 18.9 Å². The Morgan fingerprint density at radius 3 is 2.56 bits per heavy atom. The van der Waals surface area contributed by atoms with E-state index in [2.05, 4.69) is 5.32 Å². The van der Waals surface area contributed by atoms with Crippen LogP contribution in [0, 0.1) is 10.1 Å². The van der Waals surface area contributed by atoms with Gasteiger partial charge in [0.05, 0.1) is 10.5 Å². The zero-order chi connectivity index (χ0) is 23.9. The molecule has 0 radical (unpaired) electrons. The summed E-state index contributed by atoms with van der Waals surface area (Å²) >= 11 is 0. The van der Waals surface area contributed by atoms with Gasteiger partial charge >= 0.3 is 5.97 Å². The summed E-state index contributed by atoms with van der Waals surface area (Å²) in [6.45, 7) is 2.40. The Morgan fingerprint density at radius 2 is 1.79 bits per heavy atom. The summed E-state index contributed by atoms with van der Waals surface area (Å²) in [4.78, 5) is 37.5. The largest absolute Gasteiger partial charge is 0.486 e. The van der Waals surface area contributed by atoms with E-state index in [1.165, 1.54) is 12.1 Å². The van der Waals surface area contributed by atoms with Gasteiger partial charge in [-0.1, -0.05) is 6.07 Å². The summed E-state index contributed by atoms with van der Waals surface area (Å²) in [5.74, 6) is 0.153. The van der Waals surface area contributed by atoms with E-state index in [-0.39, 0.29) is 11.3 Å². The van der Waals surface area contributed by atoms with Crippen molar-refractivity contribution >= 4 is 23.3 Å². The van der Waals surface area contributed by atoms with E-state index < -0.39 is 23.4 Å². The molecule has 0 aromatic heterocycles. The van der Waals surface area contributed by atoms with Gasteiger partial charge in [-0.25, -0.2) is 4.79 Å². The highest BCUT2D eigenvalue weighted by Crippen LogP contribution is 2.32. The van der Waals surface area contributed by atoms with Crippen molar-refractivity contribution in [3.8, 4) is 11.5 Å². The van der Waals surface area contributed by atoms with Crippen molar-refractivity contribution in [3.63, 3.8) is 0 Å². The number of nitro groups is 1. The summed E-state index contributed by atoms with van der Waals surface area (Å²) < 4.78 is 16.1. The van der Waals surface area contributed by atoms with Gasteiger partial charge in [0, 0.05) is 25.7 Å². The van der Waals surface area contributed by atoms with Crippen LogP contribution >= 0.6 is 0 Å². The second-order valence-electron chi connectivity index (χ2n) is 8.16. The third-order valence-electron chi connectivity index (χ3n) is 5.78. The van der Waals surface area contributed by atoms with Crippen molar-refractivity contribution < 1.29 is 28.7 Å². The molecule has 1 saturated heterocycles.